The lowest BCUT2D eigenvalue weighted by Gasteiger charge is -2.26. The van der Waals surface area contributed by atoms with Crippen LogP contribution in [0.3, 0.4) is 0 Å². The van der Waals surface area contributed by atoms with E-state index >= 15 is 0 Å². The molecule has 5 heteroatoms. The summed E-state index contributed by atoms with van der Waals surface area (Å²) in [6, 6.07) is 10.6. The summed E-state index contributed by atoms with van der Waals surface area (Å²) in [6.07, 6.45) is 3.47. The minimum atomic E-state index is -0.329. The van der Waals surface area contributed by atoms with Crippen molar-refractivity contribution in [2.24, 2.45) is 0 Å². The molecule has 1 N–H and O–H groups in total. The molecule has 1 aromatic heterocycles. The molecule has 0 bridgehead atoms. The largest absolute Gasteiger partial charge is 0.324 e. The smallest absolute Gasteiger partial charge is 0.306 e. The Kier molecular flexibility index (Phi) is 3.80. The molecular weight excluding hydrogens is 272 g/mol. The van der Waals surface area contributed by atoms with Gasteiger partial charge in [0.1, 0.15) is 0 Å². The van der Waals surface area contributed by atoms with Crippen molar-refractivity contribution < 1.29 is 4.92 Å². The van der Waals surface area contributed by atoms with Crippen LogP contribution in [-0.2, 0) is 13.0 Å². The van der Waals surface area contributed by atoms with Gasteiger partial charge in [0, 0.05) is 24.0 Å². The first kappa shape index (κ1) is 13.3. The lowest BCUT2D eigenvalue weighted by Crippen LogP contribution is -2.24. The van der Waals surface area contributed by atoms with E-state index in [1.807, 2.05) is 5.38 Å². The first-order valence-electron chi connectivity index (χ1n) is 6.77. The Balaban J connectivity index is 1.68. The minimum Gasteiger partial charge on any atom is -0.306 e. The van der Waals surface area contributed by atoms with E-state index in [9.17, 15) is 10.1 Å². The van der Waals surface area contributed by atoms with Crippen molar-refractivity contribution >= 4 is 16.3 Å². The summed E-state index contributed by atoms with van der Waals surface area (Å²) < 4.78 is 0. The number of nitro groups is 1. The van der Waals surface area contributed by atoms with Crippen molar-refractivity contribution in [3.63, 3.8) is 0 Å². The van der Waals surface area contributed by atoms with E-state index in [0.29, 0.717) is 12.6 Å². The second-order valence-corrected chi connectivity index (χ2v) is 5.96. The lowest BCUT2D eigenvalue weighted by molar-refractivity contribution is -0.380. The maximum Gasteiger partial charge on any atom is 0.324 e. The van der Waals surface area contributed by atoms with Crippen molar-refractivity contribution in [2.45, 2.75) is 31.8 Å². The standard InChI is InChI=1S/C15H16N2O2S/c18-17(19)15-8-11(10-20-15)9-16-14-7-3-5-12-4-1-2-6-13(12)14/h1-2,4,6,8,10,14,16H,3,5,7,9H2. The molecule has 1 unspecified atom stereocenters. The van der Waals surface area contributed by atoms with Crippen molar-refractivity contribution in [1.29, 1.82) is 0 Å². The molecule has 0 saturated heterocycles. The molecule has 20 heavy (non-hydrogen) atoms. The highest BCUT2D eigenvalue weighted by molar-refractivity contribution is 7.13. The molecule has 4 nitrogen and oxygen atoms in total. The number of aryl methyl sites for hydroxylation is 1. The number of nitrogens with one attached hydrogen (secondary N) is 1. The average molecular weight is 288 g/mol. The molecule has 1 aliphatic carbocycles. The molecule has 0 saturated carbocycles. The van der Waals surface area contributed by atoms with Gasteiger partial charge in [0.05, 0.1) is 4.92 Å². The fourth-order valence-corrected chi connectivity index (χ4v) is 3.49. The Morgan fingerprint density at radius 1 is 1.40 bits per heavy atom. The third-order valence-electron chi connectivity index (χ3n) is 3.74. The first-order valence-corrected chi connectivity index (χ1v) is 7.65. The molecule has 3 rings (SSSR count). The van der Waals surface area contributed by atoms with Crippen LogP contribution in [0.4, 0.5) is 5.00 Å². The predicted octanol–water partition coefficient (Wildman–Crippen LogP) is 3.82. The summed E-state index contributed by atoms with van der Waals surface area (Å²) in [6.45, 7) is 0.684. The van der Waals surface area contributed by atoms with Gasteiger partial charge in [0.25, 0.3) is 0 Å². The van der Waals surface area contributed by atoms with Crippen LogP contribution in [0, 0.1) is 10.1 Å². The number of hydrogen-bond acceptors (Lipinski definition) is 4. The number of nitrogens with zero attached hydrogens (tertiary/aromatic N) is 1. The summed E-state index contributed by atoms with van der Waals surface area (Å²) in [5, 5.41) is 16.3. The zero-order valence-corrected chi connectivity index (χ0v) is 11.9. The summed E-state index contributed by atoms with van der Waals surface area (Å²) in [5.74, 6) is 0. The van der Waals surface area contributed by atoms with E-state index in [4.69, 9.17) is 0 Å². The van der Waals surface area contributed by atoms with Gasteiger partial charge in [-0.25, -0.2) is 0 Å². The molecule has 0 amide bonds. The van der Waals surface area contributed by atoms with Crippen LogP contribution in [-0.4, -0.2) is 4.92 Å². The minimum absolute atomic E-state index is 0.214. The molecule has 0 radical (unpaired) electrons. The Hall–Kier alpha value is -1.72. The van der Waals surface area contributed by atoms with Gasteiger partial charge in [-0.1, -0.05) is 35.6 Å². The van der Waals surface area contributed by atoms with Crippen molar-refractivity contribution in [2.75, 3.05) is 0 Å². The molecule has 104 valence electrons. The number of hydrogen-bond donors (Lipinski definition) is 1. The van der Waals surface area contributed by atoms with Gasteiger partial charge in [-0.3, -0.25) is 10.1 Å². The fraction of sp³-hybridized carbons (Fsp3) is 0.333. The van der Waals surface area contributed by atoms with Crippen LogP contribution in [0.15, 0.2) is 35.7 Å². The molecule has 0 aliphatic heterocycles. The molecule has 1 atom stereocenters. The summed E-state index contributed by atoms with van der Waals surface area (Å²) in [7, 11) is 0. The average Bonchev–Trinajstić information content (AvgIpc) is 2.94. The molecule has 0 spiro atoms. The van der Waals surface area contributed by atoms with E-state index in [2.05, 4.69) is 29.6 Å². The highest BCUT2D eigenvalue weighted by Gasteiger charge is 2.19. The van der Waals surface area contributed by atoms with Gasteiger partial charge in [-0.2, -0.15) is 0 Å². The molecular formula is C15H16N2O2S. The third kappa shape index (κ3) is 2.73. The molecule has 1 heterocycles. The second-order valence-electron chi connectivity index (χ2n) is 5.07. The molecule has 2 aromatic rings. The lowest BCUT2D eigenvalue weighted by atomic mass is 9.88. The fourth-order valence-electron chi connectivity index (χ4n) is 2.76. The van der Waals surface area contributed by atoms with Crippen LogP contribution in [0.5, 0.6) is 0 Å². The molecule has 1 aliphatic rings. The highest BCUT2D eigenvalue weighted by atomic mass is 32.1. The van der Waals surface area contributed by atoms with Crippen LogP contribution >= 0.6 is 11.3 Å². The van der Waals surface area contributed by atoms with Crippen LogP contribution < -0.4 is 5.32 Å². The van der Waals surface area contributed by atoms with Crippen molar-refractivity contribution in [1.82, 2.24) is 5.32 Å². The molecule has 1 aromatic carbocycles. The molecule has 0 fully saturated rings. The van der Waals surface area contributed by atoms with Crippen LogP contribution in [0.25, 0.3) is 0 Å². The Labute approximate surface area is 121 Å². The highest BCUT2D eigenvalue weighted by Crippen LogP contribution is 2.30. The predicted molar refractivity (Wildman–Crippen MR) is 79.9 cm³/mol. The Bertz CT molecular complexity index is 624. The number of thiophene rings is 1. The number of rotatable bonds is 4. The zero-order chi connectivity index (χ0) is 13.9. The maximum absolute atomic E-state index is 10.7. The van der Waals surface area contributed by atoms with Crippen molar-refractivity contribution in [3.05, 3.63) is 62.5 Å². The number of benzene rings is 1. The van der Waals surface area contributed by atoms with Gasteiger partial charge in [-0.15, -0.1) is 0 Å². The van der Waals surface area contributed by atoms with E-state index < -0.39 is 0 Å². The SMILES string of the molecule is O=[N+]([O-])c1cc(CNC2CCCc3ccccc32)cs1. The van der Waals surface area contributed by atoms with Crippen LogP contribution in [0.1, 0.15) is 35.6 Å². The van der Waals surface area contributed by atoms with E-state index in [1.54, 1.807) is 6.07 Å². The third-order valence-corrected chi connectivity index (χ3v) is 4.67. The van der Waals surface area contributed by atoms with E-state index in [1.165, 1.54) is 28.9 Å². The van der Waals surface area contributed by atoms with Gasteiger partial charge in [0.2, 0.25) is 0 Å². The van der Waals surface area contributed by atoms with Gasteiger partial charge in [0.15, 0.2) is 0 Å². The summed E-state index contributed by atoms with van der Waals surface area (Å²) in [4.78, 5) is 10.4. The first-order chi connectivity index (χ1) is 9.74. The van der Waals surface area contributed by atoms with Gasteiger partial charge >= 0.3 is 5.00 Å². The number of fused-ring (bicyclic) bond motifs is 1. The monoisotopic (exact) mass is 288 g/mol. The van der Waals surface area contributed by atoms with Gasteiger partial charge in [-0.05, 0) is 36.0 Å². The summed E-state index contributed by atoms with van der Waals surface area (Å²) in [5.41, 5.74) is 3.79. The zero-order valence-electron chi connectivity index (χ0n) is 11.0. The van der Waals surface area contributed by atoms with Gasteiger partial charge < -0.3 is 5.32 Å². The topological polar surface area (TPSA) is 55.2 Å². The van der Waals surface area contributed by atoms with E-state index in [0.717, 1.165) is 18.4 Å². The van der Waals surface area contributed by atoms with E-state index in [-0.39, 0.29) is 9.92 Å². The quantitative estimate of drug-likeness (QED) is 0.687. The Morgan fingerprint density at radius 2 is 2.25 bits per heavy atom. The normalized spacial score (nSPS) is 17.7. The second kappa shape index (κ2) is 5.73. The summed E-state index contributed by atoms with van der Waals surface area (Å²) >= 11 is 1.19. The maximum atomic E-state index is 10.7. The van der Waals surface area contributed by atoms with Crippen molar-refractivity contribution in [3.8, 4) is 0 Å². The van der Waals surface area contributed by atoms with Crippen LogP contribution in [0.2, 0.25) is 0 Å². The Morgan fingerprint density at radius 3 is 3.05 bits per heavy atom.